The lowest BCUT2D eigenvalue weighted by atomic mass is 10.1. The van der Waals surface area contributed by atoms with Crippen LogP contribution in [0.5, 0.6) is 5.75 Å². The molecule has 1 saturated carbocycles. The van der Waals surface area contributed by atoms with Gasteiger partial charge in [0.15, 0.2) is 0 Å². The quantitative estimate of drug-likeness (QED) is 0.830. The molecule has 0 spiro atoms. The van der Waals surface area contributed by atoms with Gasteiger partial charge in [0.1, 0.15) is 5.75 Å². The van der Waals surface area contributed by atoms with E-state index in [0.717, 1.165) is 17.9 Å². The second-order valence-electron chi connectivity index (χ2n) is 5.41. The van der Waals surface area contributed by atoms with Gasteiger partial charge in [-0.15, -0.1) is 0 Å². The number of hydrogen-bond acceptors (Lipinski definition) is 2. The highest BCUT2D eigenvalue weighted by molar-refractivity contribution is 5.91. The minimum absolute atomic E-state index is 0.117. The first-order valence-electron chi connectivity index (χ1n) is 6.84. The lowest BCUT2D eigenvalue weighted by Gasteiger charge is -2.25. The molecule has 1 amide bonds. The molecule has 1 aliphatic heterocycles. The lowest BCUT2D eigenvalue weighted by molar-refractivity contribution is -0.126. The largest absolute Gasteiger partial charge is 0.497 e. The molecule has 1 fully saturated rings. The Kier molecular flexibility index (Phi) is 3.05. The van der Waals surface area contributed by atoms with Crippen molar-refractivity contribution in [2.24, 2.45) is 5.92 Å². The molecule has 1 aromatic carbocycles. The molecule has 3 rings (SSSR count). The van der Waals surface area contributed by atoms with Gasteiger partial charge in [0.25, 0.3) is 0 Å². The third kappa shape index (κ3) is 2.37. The molecule has 0 radical (unpaired) electrons. The van der Waals surface area contributed by atoms with Crippen LogP contribution in [0, 0.1) is 5.92 Å². The first-order valence-corrected chi connectivity index (χ1v) is 6.84. The number of hydrogen-bond donors (Lipinski definition) is 0. The van der Waals surface area contributed by atoms with Crippen molar-refractivity contribution >= 4 is 5.91 Å². The summed E-state index contributed by atoms with van der Waals surface area (Å²) in [5, 5.41) is 0. The smallest absolute Gasteiger partial charge is 0.247 e. The maximum Gasteiger partial charge on any atom is 0.247 e. The van der Waals surface area contributed by atoms with Crippen molar-refractivity contribution in [1.82, 2.24) is 4.90 Å². The van der Waals surface area contributed by atoms with E-state index >= 15 is 0 Å². The Hall–Kier alpha value is -1.77. The van der Waals surface area contributed by atoms with Crippen LogP contribution in [0.15, 0.2) is 35.9 Å². The third-order valence-electron chi connectivity index (χ3n) is 4.11. The van der Waals surface area contributed by atoms with E-state index < -0.39 is 0 Å². The lowest BCUT2D eigenvalue weighted by Crippen LogP contribution is -2.29. The molecule has 1 aromatic rings. The topological polar surface area (TPSA) is 29.5 Å². The molecule has 0 unspecified atom stereocenters. The van der Waals surface area contributed by atoms with Crippen molar-refractivity contribution in [2.75, 3.05) is 13.7 Å². The van der Waals surface area contributed by atoms with E-state index in [2.05, 4.69) is 6.92 Å². The van der Waals surface area contributed by atoms with Gasteiger partial charge in [0, 0.05) is 12.6 Å². The highest BCUT2D eigenvalue weighted by atomic mass is 16.5. The van der Waals surface area contributed by atoms with Crippen LogP contribution in [-0.4, -0.2) is 24.5 Å². The number of benzene rings is 1. The molecular formula is C16H19NO2. The molecule has 3 heteroatoms. The zero-order chi connectivity index (χ0) is 13.4. The Labute approximate surface area is 113 Å². The molecule has 0 saturated heterocycles. The van der Waals surface area contributed by atoms with Crippen molar-refractivity contribution in [3.05, 3.63) is 41.5 Å². The molecule has 100 valence electrons. The Morgan fingerprint density at radius 3 is 2.53 bits per heavy atom. The van der Waals surface area contributed by atoms with Crippen LogP contribution < -0.4 is 4.74 Å². The van der Waals surface area contributed by atoms with Crippen molar-refractivity contribution in [3.8, 4) is 5.75 Å². The van der Waals surface area contributed by atoms with Crippen LogP contribution in [0.25, 0.3) is 0 Å². The first kappa shape index (κ1) is 12.3. The van der Waals surface area contributed by atoms with Gasteiger partial charge in [-0.1, -0.05) is 12.1 Å². The molecule has 2 aliphatic rings. The number of methoxy groups -OCH3 is 1. The molecule has 0 aromatic heterocycles. The minimum atomic E-state index is 0.117. The summed E-state index contributed by atoms with van der Waals surface area (Å²) in [5.74, 6) is 1.68. The van der Waals surface area contributed by atoms with Crippen molar-refractivity contribution < 1.29 is 9.53 Å². The van der Waals surface area contributed by atoms with Gasteiger partial charge in [0.05, 0.1) is 13.2 Å². The maximum absolute atomic E-state index is 12.1. The molecule has 19 heavy (non-hydrogen) atoms. The maximum atomic E-state index is 12.1. The Morgan fingerprint density at radius 1 is 1.26 bits per heavy atom. The number of carbonyl (C=O) groups is 1. The predicted octanol–water partition coefficient (Wildman–Crippen LogP) is 2.93. The van der Waals surface area contributed by atoms with E-state index in [0.29, 0.717) is 5.92 Å². The molecule has 1 aliphatic carbocycles. The van der Waals surface area contributed by atoms with Crippen LogP contribution in [0.2, 0.25) is 0 Å². The van der Waals surface area contributed by atoms with Gasteiger partial charge in [-0.05, 0) is 49.0 Å². The number of rotatable bonds is 4. The SMILES string of the molecule is COc1ccc([C@@H](C)N2CC(C3CC3)=CC2=O)cc1. The van der Waals surface area contributed by atoms with Crippen molar-refractivity contribution in [1.29, 1.82) is 0 Å². The number of ether oxygens (including phenoxy) is 1. The standard InChI is InChI=1S/C16H19NO2/c1-11(12-5-7-15(19-2)8-6-12)17-10-14(9-16(17)18)13-3-4-13/h5-9,11,13H,3-4,10H2,1-2H3/t11-/m1/s1. The highest BCUT2D eigenvalue weighted by Gasteiger charge is 2.34. The van der Waals surface area contributed by atoms with Gasteiger partial charge in [-0.25, -0.2) is 0 Å². The fraction of sp³-hybridized carbons (Fsp3) is 0.438. The highest BCUT2D eigenvalue weighted by Crippen LogP contribution is 2.40. The van der Waals surface area contributed by atoms with Crippen molar-refractivity contribution in [2.45, 2.75) is 25.8 Å². The number of carbonyl (C=O) groups excluding carboxylic acids is 1. The second-order valence-corrected chi connectivity index (χ2v) is 5.41. The molecule has 1 atom stereocenters. The zero-order valence-electron chi connectivity index (χ0n) is 11.4. The minimum Gasteiger partial charge on any atom is -0.497 e. The third-order valence-corrected chi connectivity index (χ3v) is 4.11. The van der Waals surface area contributed by atoms with E-state index in [4.69, 9.17) is 4.74 Å². The molecular weight excluding hydrogens is 238 g/mol. The van der Waals surface area contributed by atoms with Crippen LogP contribution in [0.4, 0.5) is 0 Å². The summed E-state index contributed by atoms with van der Waals surface area (Å²) in [6.45, 7) is 2.89. The Bertz CT molecular complexity index is 514. The van der Waals surface area contributed by atoms with E-state index in [9.17, 15) is 4.79 Å². The van der Waals surface area contributed by atoms with Crippen molar-refractivity contribution in [3.63, 3.8) is 0 Å². The zero-order valence-corrected chi connectivity index (χ0v) is 11.4. The Balaban J connectivity index is 1.73. The monoisotopic (exact) mass is 257 g/mol. The van der Waals surface area contributed by atoms with Gasteiger partial charge >= 0.3 is 0 Å². The first-order chi connectivity index (χ1) is 9.19. The number of amides is 1. The van der Waals surface area contributed by atoms with Crippen LogP contribution >= 0.6 is 0 Å². The van der Waals surface area contributed by atoms with E-state index in [1.807, 2.05) is 35.2 Å². The summed E-state index contributed by atoms with van der Waals surface area (Å²) in [7, 11) is 1.66. The summed E-state index contributed by atoms with van der Waals surface area (Å²) < 4.78 is 5.16. The average molecular weight is 257 g/mol. The van der Waals surface area contributed by atoms with Crippen LogP contribution in [0.3, 0.4) is 0 Å². The normalized spacial score (nSPS) is 20.4. The van der Waals surface area contributed by atoms with Gasteiger partial charge in [-0.2, -0.15) is 0 Å². The number of nitrogens with zero attached hydrogens (tertiary/aromatic N) is 1. The van der Waals surface area contributed by atoms with Crippen LogP contribution in [0.1, 0.15) is 31.4 Å². The average Bonchev–Trinajstić information content (AvgIpc) is 3.21. The predicted molar refractivity (Wildman–Crippen MR) is 73.9 cm³/mol. The molecule has 3 nitrogen and oxygen atoms in total. The van der Waals surface area contributed by atoms with Gasteiger partial charge in [0.2, 0.25) is 5.91 Å². The fourth-order valence-electron chi connectivity index (χ4n) is 2.65. The molecule has 1 heterocycles. The van der Waals surface area contributed by atoms with Gasteiger partial charge < -0.3 is 9.64 Å². The van der Waals surface area contributed by atoms with E-state index in [-0.39, 0.29) is 11.9 Å². The Morgan fingerprint density at radius 2 is 1.95 bits per heavy atom. The second kappa shape index (κ2) is 4.72. The van der Waals surface area contributed by atoms with Gasteiger partial charge in [-0.3, -0.25) is 4.79 Å². The van der Waals surface area contributed by atoms with Crippen LogP contribution in [-0.2, 0) is 4.79 Å². The van der Waals surface area contributed by atoms with E-state index in [1.165, 1.54) is 18.4 Å². The summed E-state index contributed by atoms with van der Waals surface area (Å²) in [6.07, 6.45) is 4.35. The fourth-order valence-corrected chi connectivity index (χ4v) is 2.65. The summed E-state index contributed by atoms with van der Waals surface area (Å²) in [5.41, 5.74) is 2.48. The molecule has 0 N–H and O–H groups in total. The summed E-state index contributed by atoms with van der Waals surface area (Å²) >= 11 is 0. The summed E-state index contributed by atoms with van der Waals surface area (Å²) in [4.78, 5) is 14.0. The van der Waals surface area contributed by atoms with E-state index in [1.54, 1.807) is 7.11 Å². The molecule has 0 bridgehead atoms. The summed E-state index contributed by atoms with van der Waals surface area (Å²) in [6, 6.07) is 8.08.